The number of nitrogens with one attached hydrogen (secondary N) is 2. The van der Waals surface area contributed by atoms with Crippen molar-refractivity contribution in [2.75, 3.05) is 37.6 Å². The molecular formula is C20H30N6O2. The summed E-state index contributed by atoms with van der Waals surface area (Å²) in [7, 11) is 0. The lowest BCUT2D eigenvalue weighted by Gasteiger charge is -2.35. The quantitative estimate of drug-likeness (QED) is 0.727. The highest BCUT2D eigenvalue weighted by Gasteiger charge is 2.24. The Morgan fingerprint density at radius 3 is 2.57 bits per heavy atom. The van der Waals surface area contributed by atoms with Crippen LogP contribution in [0.1, 0.15) is 39.0 Å². The minimum atomic E-state index is -0.552. The molecule has 1 atom stereocenters. The normalized spacial score (nSPS) is 18.2. The summed E-state index contributed by atoms with van der Waals surface area (Å²) in [5.74, 6) is 0.546. The van der Waals surface area contributed by atoms with Crippen LogP contribution in [-0.2, 0) is 4.79 Å². The van der Waals surface area contributed by atoms with Crippen LogP contribution in [0.3, 0.4) is 0 Å². The monoisotopic (exact) mass is 386 g/mol. The molecule has 0 radical (unpaired) electrons. The van der Waals surface area contributed by atoms with Gasteiger partial charge in [0.1, 0.15) is 6.04 Å². The van der Waals surface area contributed by atoms with E-state index >= 15 is 0 Å². The van der Waals surface area contributed by atoms with Crippen LogP contribution in [0.15, 0.2) is 30.1 Å². The van der Waals surface area contributed by atoms with Crippen LogP contribution in [0.4, 0.5) is 10.7 Å². The van der Waals surface area contributed by atoms with E-state index in [0.717, 1.165) is 19.3 Å². The lowest BCUT2D eigenvalue weighted by Crippen LogP contribution is -2.55. The molecule has 1 aromatic heterocycles. The zero-order chi connectivity index (χ0) is 19.8. The third-order valence-corrected chi connectivity index (χ3v) is 5.27. The number of urea groups is 1. The third kappa shape index (κ3) is 5.68. The van der Waals surface area contributed by atoms with E-state index in [9.17, 15) is 9.59 Å². The number of carbonyl (C=O) groups is 2. The van der Waals surface area contributed by atoms with Gasteiger partial charge in [0, 0.05) is 45.1 Å². The minimum absolute atomic E-state index is 0.138. The van der Waals surface area contributed by atoms with Gasteiger partial charge in [-0.3, -0.25) is 4.79 Å². The Kier molecular flexibility index (Phi) is 7.22. The van der Waals surface area contributed by atoms with Crippen molar-refractivity contribution in [3.8, 4) is 0 Å². The molecule has 3 amide bonds. The van der Waals surface area contributed by atoms with E-state index in [4.69, 9.17) is 0 Å². The van der Waals surface area contributed by atoms with E-state index in [1.54, 1.807) is 30.3 Å². The molecule has 2 aliphatic rings. The Morgan fingerprint density at radius 2 is 1.89 bits per heavy atom. The fraction of sp³-hybridized carbons (Fsp3) is 0.600. The summed E-state index contributed by atoms with van der Waals surface area (Å²) in [6.07, 6.45) is 11.4. The molecule has 1 aromatic rings. The van der Waals surface area contributed by atoms with E-state index in [-0.39, 0.29) is 11.9 Å². The van der Waals surface area contributed by atoms with Gasteiger partial charge < -0.3 is 20.4 Å². The minimum Gasteiger partial charge on any atom is -0.354 e. The second-order valence-corrected chi connectivity index (χ2v) is 7.34. The van der Waals surface area contributed by atoms with Crippen molar-refractivity contribution in [1.29, 1.82) is 0 Å². The highest BCUT2D eigenvalue weighted by atomic mass is 16.2. The predicted octanol–water partition coefficient (Wildman–Crippen LogP) is 1.70. The molecule has 8 heteroatoms. The van der Waals surface area contributed by atoms with Crippen LogP contribution in [0, 0.1) is 0 Å². The molecule has 2 N–H and O–H groups in total. The molecule has 0 saturated carbocycles. The van der Waals surface area contributed by atoms with Crippen LogP contribution >= 0.6 is 0 Å². The number of hydrogen-bond acceptors (Lipinski definition) is 5. The Morgan fingerprint density at radius 1 is 1.14 bits per heavy atom. The van der Waals surface area contributed by atoms with E-state index in [0.29, 0.717) is 38.7 Å². The number of rotatable bonds is 6. The second-order valence-electron chi connectivity index (χ2n) is 7.34. The first kappa shape index (κ1) is 20.1. The maximum atomic E-state index is 12.5. The van der Waals surface area contributed by atoms with Crippen molar-refractivity contribution in [3.63, 3.8) is 0 Å². The number of aromatic nitrogens is 2. The molecule has 0 aromatic carbocycles. The molecule has 28 heavy (non-hydrogen) atoms. The predicted molar refractivity (Wildman–Crippen MR) is 108 cm³/mol. The van der Waals surface area contributed by atoms with Crippen LogP contribution < -0.4 is 15.5 Å². The third-order valence-electron chi connectivity index (χ3n) is 5.27. The molecule has 8 nitrogen and oxygen atoms in total. The standard InChI is InChI=1S/C20H30N6O2/c1-16(18(27)21-11-8-17-6-3-2-4-7-17)24-20(28)26-14-12-25(13-15-26)19-22-9-5-10-23-19/h5-6,9-10,16H,2-4,7-8,11-15H2,1H3,(H,21,27)(H,24,28)/t16-/m0/s1. The molecule has 1 fully saturated rings. The average molecular weight is 387 g/mol. The van der Waals surface area contributed by atoms with Gasteiger partial charge >= 0.3 is 6.03 Å². The molecule has 3 rings (SSSR count). The van der Waals surface area contributed by atoms with Crippen LogP contribution in [0.25, 0.3) is 0 Å². The SMILES string of the molecule is C[C@H](NC(=O)N1CCN(c2ncccn2)CC1)C(=O)NCCC1=CCCCC1. The Balaban J connectivity index is 1.36. The van der Waals surface area contributed by atoms with E-state index in [2.05, 4.69) is 31.6 Å². The van der Waals surface area contributed by atoms with Crippen molar-refractivity contribution in [2.45, 2.75) is 45.1 Å². The average Bonchev–Trinajstić information content (AvgIpc) is 2.75. The van der Waals surface area contributed by atoms with Crippen LogP contribution in [-0.4, -0.2) is 65.6 Å². The van der Waals surface area contributed by atoms with Crippen molar-refractivity contribution in [1.82, 2.24) is 25.5 Å². The number of hydrogen-bond donors (Lipinski definition) is 2. The van der Waals surface area contributed by atoms with Crippen molar-refractivity contribution in [3.05, 3.63) is 30.1 Å². The van der Waals surface area contributed by atoms with Crippen molar-refractivity contribution >= 4 is 17.9 Å². The highest BCUT2D eigenvalue weighted by Crippen LogP contribution is 2.19. The summed E-state index contributed by atoms with van der Waals surface area (Å²) in [4.78, 5) is 37.0. The fourth-order valence-corrected chi connectivity index (χ4v) is 3.54. The van der Waals surface area contributed by atoms with Gasteiger partial charge in [-0.05, 0) is 45.1 Å². The van der Waals surface area contributed by atoms with Crippen LogP contribution in [0.5, 0.6) is 0 Å². The van der Waals surface area contributed by atoms with Gasteiger partial charge in [0.25, 0.3) is 0 Å². The summed E-state index contributed by atoms with van der Waals surface area (Å²) in [6, 6.07) is 1.03. The van der Waals surface area contributed by atoms with Gasteiger partial charge in [-0.2, -0.15) is 0 Å². The Bertz CT molecular complexity index is 685. The maximum absolute atomic E-state index is 12.5. The lowest BCUT2D eigenvalue weighted by atomic mass is 9.97. The number of amides is 3. The number of nitrogens with zero attached hydrogens (tertiary/aromatic N) is 4. The topological polar surface area (TPSA) is 90.5 Å². The molecule has 0 bridgehead atoms. The summed E-state index contributed by atoms with van der Waals surface area (Å²) >= 11 is 0. The van der Waals surface area contributed by atoms with Gasteiger partial charge in [0.2, 0.25) is 11.9 Å². The van der Waals surface area contributed by atoms with E-state index < -0.39 is 6.04 Å². The first-order valence-electron chi connectivity index (χ1n) is 10.2. The fourth-order valence-electron chi connectivity index (χ4n) is 3.54. The highest BCUT2D eigenvalue weighted by molar-refractivity contribution is 5.86. The molecular weight excluding hydrogens is 356 g/mol. The van der Waals surface area contributed by atoms with Gasteiger partial charge in [0.15, 0.2) is 0 Å². The molecule has 0 spiro atoms. The second kappa shape index (κ2) is 10.1. The molecule has 1 saturated heterocycles. The van der Waals surface area contributed by atoms with Gasteiger partial charge in [-0.15, -0.1) is 0 Å². The van der Waals surface area contributed by atoms with Crippen molar-refractivity contribution < 1.29 is 9.59 Å². The number of anilines is 1. The lowest BCUT2D eigenvalue weighted by molar-refractivity contribution is -0.122. The molecule has 0 unspecified atom stereocenters. The van der Waals surface area contributed by atoms with Gasteiger partial charge in [-0.25, -0.2) is 14.8 Å². The van der Waals surface area contributed by atoms with Crippen LogP contribution in [0.2, 0.25) is 0 Å². The Hall–Kier alpha value is -2.64. The van der Waals surface area contributed by atoms with E-state index in [1.807, 2.05) is 0 Å². The van der Waals surface area contributed by atoms with E-state index in [1.165, 1.54) is 18.4 Å². The number of carbonyl (C=O) groups excluding carboxylic acids is 2. The zero-order valence-corrected chi connectivity index (χ0v) is 16.6. The summed E-state index contributed by atoms with van der Waals surface area (Å²) < 4.78 is 0. The van der Waals surface area contributed by atoms with Crippen molar-refractivity contribution in [2.24, 2.45) is 0 Å². The summed E-state index contributed by atoms with van der Waals surface area (Å²) in [5.41, 5.74) is 1.43. The van der Waals surface area contributed by atoms with Gasteiger partial charge in [0.05, 0.1) is 0 Å². The molecule has 2 heterocycles. The van der Waals surface area contributed by atoms with Gasteiger partial charge in [-0.1, -0.05) is 11.6 Å². The number of piperazine rings is 1. The smallest absolute Gasteiger partial charge is 0.318 e. The first-order chi connectivity index (χ1) is 13.6. The summed E-state index contributed by atoms with van der Waals surface area (Å²) in [5, 5.41) is 5.73. The molecule has 152 valence electrons. The Labute approximate surface area is 166 Å². The number of allylic oxidation sites excluding steroid dienone is 1. The molecule has 1 aliphatic carbocycles. The first-order valence-corrected chi connectivity index (χ1v) is 10.2. The maximum Gasteiger partial charge on any atom is 0.318 e. The largest absolute Gasteiger partial charge is 0.354 e. The zero-order valence-electron chi connectivity index (χ0n) is 16.6. The molecule has 1 aliphatic heterocycles. The summed E-state index contributed by atoms with van der Waals surface area (Å²) in [6.45, 7) is 4.85.